The van der Waals surface area contributed by atoms with Crippen LogP contribution in [0.25, 0.3) is 0 Å². The molecule has 0 aromatic heterocycles. The van der Waals surface area contributed by atoms with Crippen molar-refractivity contribution in [3.63, 3.8) is 0 Å². The molecular weight excluding hydrogens is 130 g/mol. The van der Waals surface area contributed by atoms with E-state index in [1.54, 1.807) is 0 Å². The summed E-state index contributed by atoms with van der Waals surface area (Å²) >= 11 is 0. The molecule has 1 rings (SSSR count). The lowest BCUT2D eigenvalue weighted by atomic mass is 10.5. The van der Waals surface area contributed by atoms with Crippen LogP contribution in [0.5, 0.6) is 0 Å². The lowest BCUT2D eigenvalue weighted by Crippen LogP contribution is -2.22. The molecule has 2 N–H and O–H groups in total. The van der Waals surface area contributed by atoms with Crippen molar-refractivity contribution >= 4 is 11.9 Å². The van der Waals surface area contributed by atoms with Gasteiger partial charge in [-0.25, -0.2) is 9.79 Å². The maximum absolute atomic E-state index is 10.5. The largest absolute Gasteiger partial charge is 0.324 e. The Kier molecular flexibility index (Phi) is 1.53. The number of amidine groups is 1. The van der Waals surface area contributed by atoms with E-state index in [1.807, 2.05) is 0 Å². The second-order valence-corrected chi connectivity index (χ2v) is 1.72. The van der Waals surface area contributed by atoms with Crippen molar-refractivity contribution in [1.29, 1.82) is 0 Å². The highest BCUT2D eigenvalue weighted by Gasteiger charge is 2.17. The first-order valence-electron chi connectivity index (χ1n) is 2.70. The number of nitrogens with zero attached hydrogens (tertiary/aromatic N) is 1. The van der Waals surface area contributed by atoms with E-state index in [9.17, 15) is 4.79 Å². The van der Waals surface area contributed by atoms with Crippen LogP contribution in [0.3, 0.4) is 0 Å². The Hall–Kier alpha value is -1.58. The Balaban J connectivity index is 2.81. The van der Waals surface area contributed by atoms with E-state index in [2.05, 4.69) is 28.8 Å². The fourth-order valence-corrected chi connectivity index (χ4v) is 0.612. The van der Waals surface area contributed by atoms with E-state index in [1.165, 1.54) is 6.20 Å². The van der Waals surface area contributed by atoms with Gasteiger partial charge in [0.1, 0.15) is 0 Å². The van der Waals surface area contributed by atoms with Gasteiger partial charge in [0.25, 0.3) is 0 Å². The van der Waals surface area contributed by atoms with Gasteiger partial charge in [-0.2, -0.15) is 0 Å². The van der Waals surface area contributed by atoms with E-state index in [0.717, 1.165) is 0 Å². The molecule has 1 fully saturated rings. The van der Waals surface area contributed by atoms with Gasteiger partial charge in [-0.15, -0.1) is 0 Å². The third kappa shape index (κ3) is 1.05. The summed E-state index contributed by atoms with van der Waals surface area (Å²) in [5.74, 6) is 0.431. The fourth-order valence-electron chi connectivity index (χ4n) is 0.612. The summed E-state index contributed by atoms with van der Waals surface area (Å²) in [6, 6.07) is -0.300. The average molecular weight is 137 g/mol. The van der Waals surface area contributed by atoms with Crippen LogP contribution >= 0.6 is 0 Å². The molecule has 1 heterocycles. The summed E-state index contributed by atoms with van der Waals surface area (Å²) in [5, 5.41) is 4.86. The highest BCUT2D eigenvalue weighted by Crippen LogP contribution is 1.95. The van der Waals surface area contributed by atoms with Crippen molar-refractivity contribution in [2.45, 2.75) is 0 Å². The number of hydrogen-bond acceptors (Lipinski definition) is 2. The molecule has 0 spiro atoms. The first-order chi connectivity index (χ1) is 4.74. The lowest BCUT2D eigenvalue weighted by Gasteiger charge is -1.89. The lowest BCUT2D eigenvalue weighted by molar-refractivity contribution is 0.250. The molecule has 0 unspecified atom stereocenters. The predicted molar refractivity (Wildman–Crippen MR) is 38.4 cm³/mol. The molecule has 4 nitrogen and oxygen atoms in total. The summed E-state index contributed by atoms with van der Waals surface area (Å²) in [7, 11) is 0. The third-order valence-corrected chi connectivity index (χ3v) is 1.00. The minimum absolute atomic E-state index is 0.300. The summed E-state index contributed by atoms with van der Waals surface area (Å²) in [4.78, 5) is 14.3. The van der Waals surface area contributed by atoms with Crippen LogP contribution in [0.15, 0.2) is 30.0 Å². The predicted octanol–water partition coefficient (Wildman–Crippen LogP) is 0.355. The molecule has 0 aromatic carbocycles. The highest BCUT2D eigenvalue weighted by molar-refractivity contribution is 6.14. The molecule has 1 saturated heterocycles. The Morgan fingerprint density at radius 2 is 2.20 bits per heavy atom. The Morgan fingerprint density at radius 3 is 2.60 bits per heavy atom. The first-order valence-corrected chi connectivity index (χ1v) is 2.70. The van der Waals surface area contributed by atoms with Crippen molar-refractivity contribution in [2.75, 3.05) is 0 Å². The third-order valence-electron chi connectivity index (χ3n) is 1.00. The Labute approximate surface area is 58.3 Å². The Bertz CT molecular complexity index is 229. The van der Waals surface area contributed by atoms with E-state index < -0.39 is 0 Å². The van der Waals surface area contributed by atoms with Crippen molar-refractivity contribution < 1.29 is 4.79 Å². The molecule has 4 heteroatoms. The highest BCUT2D eigenvalue weighted by atomic mass is 16.2. The van der Waals surface area contributed by atoms with E-state index in [4.69, 9.17) is 0 Å². The van der Waals surface area contributed by atoms with Crippen molar-refractivity contribution in [2.24, 2.45) is 4.99 Å². The molecule has 52 valence electrons. The minimum Gasteiger partial charge on any atom is -0.305 e. The van der Waals surface area contributed by atoms with Gasteiger partial charge in [-0.1, -0.05) is 13.2 Å². The molecule has 0 atom stereocenters. The van der Waals surface area contributed by atoms with Gasteiger partial charge in [-0.3, -0.25) is 5.32 Å². The van der Waals surface area contributed by atoms with Crippen LogP contribution in [0.1, 0.15) is 0 Å². The number of carbonyl (C=O) groups is 1. The van der Waals surface area contributed by atoms with Gasteiger partial charge < -0.3 is 5.32 Å². The second-order valence-electron chi connectivity index (χ2n) is 1.72. The SMILES string of the molecule is C=CN=C1NC(=O)NC1=C. The number of aliphatic imine (C=N–C) groups is 1. The molecule has 1 aliphatic heterocycles. The summed E-state index contributed by atoms with van der Waals surface area (Å²) in [5.41, 5.74) is 0.477. The number of hydrogen-bond donors (Lipinski definition) is 2. The normalized spacial score (nSPS) is 20.6. The first kappa shape index (κ1) is 6.54. The van der Waals surface area contributed by atoms with Crippen LogP contribution in [-0.4, -0.2) is 11.9 Å². The molecule has 10 heavy (non-hydrogen) atoms. The summed E-state index contributed by atoms with van der Waals surface area (Å²) in [6.45, 7) is 6.91. The Morgan fingerprint density at radius 1 is 1.50 bits per heavy atom. The smallest absolute Gasteiger partial charge is 0.305 e. The van der Waals surface area contributed by atoms with Crippen molar-refractivity contribution in [3.8, 4) is 0 Å². The minimum atomic E-state index is -0.300. The van der Waals surface area contributed by atoms with Crippen LogP contribution in [0.4, 0.5) is 4.79 Å². The summed E-state index contributed by atoms with van der Waals surface area (Å²) < 4.78 is 0. The molecule has 0 aromatic rings. The molecule has 1 aliphatic rings. The monoisotopic (exact) mass is 137 g/mol. The zero-order valence-electron chi connectivity index (χ0n) is 5.35. The zero-order chi connectivity index (χ0) is 7.56. The number of rotatable bonds is 1. The average Bonchev–Trinajstić information content (AvgIpc) is 2.13. The number of carbonyl (C=O) groups excluding carboxylic acids is 1. The maximum Gasteiger partial charge on any atom is 0.324 e. The van der Waals surface area contributed by atoms with E-state index in [0.29, 0.717) is 11.5 Å². The number of nitrogens with one attached hydrogen (secondary N) is 2. The van der Waals surface area contributed by atoms with Gasteiger partial charge in [0, 0.05) is 6.20 Å². The molecule has 0 radical (unpaired) electrons. The zero-order valence-corrected chi connectivity index (χ0v) is 5.35. The van der Waals surface area contributed by atoms with Crippen LogP contribution in [0, 0.1) is 0 Å². The van der Waals surface area contributed by atoms with E-state index >= 15 is 0 Å². The van der Waals surface area contributed by atoms with Crippen LogP contribution in [0.2, 0.25) is 0 Å². The molecular formula is C6H7N3O. The quantitative estimate of drug-likeness (QED) is 0.538. The number of amides is 2. The van der Waals surface area contributed by atoms with Gasteiger partial charge >= 0.3 is 6.03 Å². The van der Waals surface area contributed by atoms with Gasteiger partial charge in [0.15, 0.2) is 5.84 Å². The second kappa shape index (κ2) is 2.34. The maximum atomic E-state index is 10.5. The topological polar surface area (TPSA) is 53.5 Å². The standard InChI is InChI=1S/C6H7N3O/c1-3-7-5-4(2)8-6(10)9-5/h3H,1-2H2,(H2,7,8,9,10). The van der Waals surface area contributed by atoms with E-state index in [-0.39, 0.29) is 6.03 Å². The molecule has 2 amide bonds. The summed E-state index contributed by atoms with van der Waals surface area (Å²) in [6.07, 6.45) is 1.34. The number of urea groups is 1. The van der Waals surface area contributed by atoms with Crippen molar-refractivity contribution in [1.82, 2.24) is 10.6 Å². The molecule has 0 bridgehead atoms. The fraction of sp³-hybridized carbons (Fsp3) is 0. The van der Waals surface area contributed by atoms with Crippen LogP contribution < -0.4 is 10.6 Å². The van der Waals surface area contributed by atoms with Gasteiger partial charge in [0.2, 0.25) is 0 Å². The van der Waals surface area contributed by atoms with Crippen LogP contribution in [-0.2, 0) is 0 Å². The molecule has 0 saturated carbocycles. The molecule has 0 aliphatic carbocycles. The van der Waals surface area contributed by atoms with Crippen molar-refractivity contribution in [3.05, 3.63) is 25.1 Å². The van der Waals surface area contributed by atoms with Gasteiger partial charge in [-0.05, 0) is 0 Å². The van der Waals surface area contributed by atoms with Gasteiger partial charge in [0.05, 0.1) is 5.70 Å².